The number of rotatable bonds is 36. The Morgan fingerprint density at radius 1 is 0.281 bits per heavy atom. The number of nitrogens with zero attached hydrogens (tertiary/aromatic N) is 1. The van der Waals surface area contributed by atoms with Gasteiger partial charge in [0.15, 0.2) is 0 Å². The van der Waals surface area contributed by atoms with Crippen molar-refractivity contribution < 1.29 is 28.8 Å². The number of benzene rings is 10. The Morgan fingerprint density at radius 2 is 0.583 bits per heavy atom. The van der Waals surface area contributed by atoms with Crippen LogP contribution in [0, 0.1) is 0 Å². The van der Waals surface area contributed by atoms with E-state index in [1.807, 2.05) is 24.3 Å². The molecule has 0 atom stereocenters. The zero-order valence-corrected chi connectivity index (χ0v) is 55.9. The van der Waals surface area contributed by atoms with E-state index in [0.717, 1.165) is 104 Å². The molecule has 0 bridgehead atoms. The van der Waals surface area contributed by atoms with E-state index in [9.17, 15) is 28.8 Å². The first kappa shape index (κ1) is 67.7. The molecule has 0 radical (unpaired) electrons. The fourth-order valence-corrected chi connectivity index (χ4v) is 13.7. The molecular formula is C83H91N7O6. The molecule has 494 valence electrons. The molecule has 1 aromatic heterocycles. The van der Waals surface area contributed by atoms with Crippen molar-refractivity contribution in [2.45, 2.75) is 168 Å². The van der Waals surface area contributed by atoms with Crippen molar-refractivity contribution in [2.24, 2.45) is 0 Å². The molecule has 0 spiro atoms. The van der Waals surface area contributed by atoms with Crippen LogP contribution in [0.2, 0.25) is 0 Å². The highest BCUT2D eigenvalue weighted by Gasteiger charge is 2.21. The maximum absolute atomic E-state index is 14.3. The van der Waals surface area contributed by atoms with Crippen LogP contribution in [0.1, 0.15) is 227 Å². The van der Waals surface area contributed by atoms with Crippen molar-refractivity contribution >= 4 is 100 Å². The minimum absolute atomic E-state index is 0.0245. The van der Waals surface area contributed by atoms with E-state index in [0.29, 0.717) is 35.3 Å². The van der Waals surface area contributed by atoms with Gasteiger partial charge in [-0.2, -0.15) is 0 Å². The van der Waals surface area contributed by atoms with Crippen molar-refractivity contribution in [3.05, 3.63) is 220 Å². The van der Waals surface area contributed by atoms with Gasteiger partial charge in [0.2, 0.25) is 0 Å². The smallest absolute Gasteiger partial charge is 0.270 e. The predicted molar refractivity (Wildman–Crippen MR) is 390 cm³/mol. The zero-order chi connectivity index (χ0) is 66.6. The van der Waals surface area contributed by atoms with Gasteiger partial charge in [-0.3, -0.25) is 28.8 Å². The lowest BCUT2D eigenvalue weighted by Gasteiger charge is -2.16. The lowest BCUT2D eigenvalue weighted by molar-refractivity contribution is 0.0931. The summed E-state index contributed by atoms with van der Waals surface area (Å²) in [6, 6.07) is 52.3. The largest absolute Gasteiger partial charge is 0.352 e. The fourth-order valence-electron chi connectivity index (χ4n) is 13.7. The van der Waals surface area contributed by atoms with Crippen LogP contribution in [0.5, 0.6) is 0 Å². The molecule has 13 nitrogen and oxygen atoms in total. The quantitative estimate of drug-likeness (QED) is 0.0166. The molecule has 0 aliphatic carbocycles. The van der Waals surface area contributed by atoms with Gasteiger partial charge in [0.25, 0.3) is 35.4 Å². The number of nitrogens with one attached hydrogen (secondary N) is 6. The van der Waals surface area contributed by atoms with Crippen LogP contribution in [0.4, 0.5) is 0 Å². The number of carbonyl (C=O) groups is 6. The highest BCUT2D eigenvalue weighted by Crippen LogP contribution is 2.38. The number of unbranched alkanes of at least 4 members (excludes halogenated alkanes) is 18. The Balaban J connectivity index is 0.751. The second-order valence-electron chi connectivity index (χ2n) is 26.0. The van der Waals surface area contributed by atoms with Crippen LogP contribution in [0.15, 0.2) is 164 Å². The third-order valence-corrected chi connectivity index (χ3v) is 18.9. The van der Waals surface area contributed by atoms with Gasteiger partial charge in [0.1, 0.15) is 11.4 Å². The second kappa shape index (κ2) is 33.6. The van der Waals surface area contributed by atoms with Gasteiger partial charge in [0.05, 0.1) is 0 Å². The summed E-state index contributed by atoms with van der Waals surface area (Å²) in [5.74, 6) is -2.52. The lowest BCUT2D eigenvalue weighted by Crippen LogP contribution is -2.29. The third-order valence-electron chi connectivity index (χ3n) is 18.9. The number of pyridine rings is 1. The maximum Gasteiger partial charge on any atom is 0.270 e. The second-order valence-corrected chi connectivity index (χ2v) is 26.0. The van der Waals surface area contributed by atoms with Crippen molar-refractivity contribution in [3.63, 3.8) is 0 Å². The van der Waals surface area contributed by atoms with Crippen LogP contribution in [-0.4, -0.2) is 53.5 Å². The van der Waals surface area contributed by atoms with E-state index in [2.05, 4.69) is 136 Å². The highest BCUT2D eigenvalue weighted by atomic mass is 16.2. The minimum atomic E-state index is -0.575. The maximum atomic E-state index is 14.3. The molecule has 0 unspecified atom stereocenters. The Hall–Kier alpha value is -9.75. The molecule has 0 fully saturated rings. The first-order valence-corrected chi connectivity index (χ1v) is 35.3. The normalized spacial score (nSPS) is 11.5. The summed E-state index contributed by atoms with van der Waals surface area (Å²) in [5, 5.41) is 31.7. The summed E-state index contributed by atoms with van der Waals surface area (Å²) < 4.78 is 0. The van der Waals surface area contributed by atoms with Gasteiger partial charge >= 0.3 is 0 Å². The van der Waals surface area contributed by atoms with Crippen LogP contribution in [-0.2, 0) is 26.2 Å². The van der Waals surface area contributed by atoms with E-state index in [1.165, 1.54) is 113 Å². The molecule has 6 amide bonds. The molecule has 0 aliphatic heterocycles. The number of carbonyl (C=O) groups excluding carboxylic acids is 6. The molecule has 0 aliphatic rings. The van der Waals surface area contributed by atoms with Crippen LogP contribution in [0.3, 0.4) is 0 Å². The Morgan fingerprint density at radius 3 is 0.958 bits per heavy atom. The highest BCUT2D eigenvalue weighted by molar-refractivity contribution is 6.25. The molecule has 11 rings (SSSR count). The van der Waals surface area contributed by atoms with Crippen molar-refractivity contribution in [3.8, 4) is 0 Å². The summed E-state index contributed by atoms with van der Waals surface area (Å²) >= 11 is 0. The van der Waals surface area contributed by atoms with E-state index >= 15 is 0 Å². The summed E-state index contributed by atoms with van der Waals surface area (Å²) in [6.07, 6.45) is 23.5. The number of hydrogen-bond acceptors (Lipinski definition) is 7. The number of aromatic nitrogens is 1. The van der Waals surface area contributed by atoms with Crippen LogP contribution in [0.25, 0.3) is 64.6 Å². The summed E-state index contributed by atoms with van der Waals surface area (Å²) in [4.78, 5) is 88.8. The predicted octanol–water partition coefficient (Wildman–Crippen LogP) is 17.9. The average Bonchev–Trinajstić information content (AvgIpc) is 0.749. The molecule has 11 aromatic rings. The summed E-state index contributed by atoms with van der Waals surface area (Å²) in [5.41, 5.74) is 4.04. The molecule has 6 N–H and O–H groups in total. The van der Waals surface area contributed by atoms with Crippen LogP contribution >= 0.6 is 0 Å². The first-order chi connectivity index (χ1) is 47.0. The monoisotopic (exact) mass is 1280 g/mol. The number of hydrogen-bond donors (Lipinski definition) is 6. The molecule has 0 saturated carbocycles. The lowest BCUT2D eigenvalue weighted by atomic mass is 9.91. The average molecular weight is 1280 g/mol. The van der Waals surface area contributed by atoms with Crippen molar-refractivity contribution in [2.75, 3.05) is 13.1 Å². The van der Waals surface area contributed by atoms with Crippen molar-refractivity contribution in [1.82, 2.24) is 36.9 Å². The Labute approximate surface area is 564 Å². The molecular weight excluding hydrogens is 1190 g/mol. The standard InChI is InChI=1S/C83H91N7O6/c1-3-5-7-9-11-13-15-17-19-21-42-84-78(91)64-44-56(46-66(50-64)80(93)88-54-68-48-62-32-23-28-58-38-40-60-30-25-34-70(68)76(60)74(58)62)52-86-82(95)72-36-27-37-73(90-72)83(96)87-53-57-45-65(79(92)85-43-22-20-18-16-14-12-10-8-6-4-2)51-67(47-57)81(94)89-55-69-49-63-33-24-29-59-39-41-61-31-26-35-71(69)77(61)75(59)63/h23-41,44-51H,3-22,42-43,52-55H2,1-2H3,(H,84,91)(H,85,92)(H,86,95)(H,87,96)(H,88,93)(H,89,94). The molecule has 0 saturated heterocycles. The Bertz CT molecular complexity index is 4240. The molecule has 10 aromatic carbocycles. The third kappa shape index (κ3) is 17.2. The van der Waals surface area contributed by atoms with E-state index in [1.54, 1.807) is 42.5 Å². The van der Waals surface area contributed by atoms with Gasteiger partial charge in [0, 0.05) is 61.5 Å². The molecule has 96 heavy (non-hydrogen) atoms. The SMILES string of the molecule is CCCCCCCCCCCCNC(=O)c1cc(CNC(=O)c2cccc(C(=O)NCc3cc(C(=O)NCCCCCCCCCCCC)cc(C(=O)NCc4cc5cccc6ccc7cccc4c7c65)c3)n2)cc(C(=O)NCc2cc3cccc4ccc5cccc2c5c43)c1. The van der Waals surface area contributed by atoms with Gasteiger partial charge in [-0.05, 0) is 160 Å². The fraction of sp³-hybridized carbons (Fsp3) is 0.337. The topological polar surface area (TPSA) is 187 Å². The van der Waals surface area contributed by atoms with E-state index in [4.69, 9.17) is 0 Å². The summed E-state index contributed by atoms with van der Waals surface area (Å²) in [7, 11) is 0. The summed E-state index contributed by atoms with van der Waals surface area (Å²) in [6.45, 7) is 5.83. The minimum Gasteiger partial charge on any atom is -0.352 e. The van der Waals surface area contributed by atoms with Crippen LogP contribution < -0.4 is 31.9 Å². The van der Waals surface area contributed by atoms with E-state index in [-0.39, 0.29) is 72.3 Å². The zero-order valence-electron chi connectivity index (χ0n) is 55.9. The Kier molecular flexibility index (Phi) is 23.7. The van der Waals surface area contributed by atoms with Crippen molar-refractivity contribution in [1.29, 1.82) is 0 Å². The van der Waals surface area contributed by atoms with Gasteiger partial charge in [-0.1, -0.05) is 233 Å². The van der Waals surface area contributed by atoms with Gasteiger partial charge < -0.3 is 31.9 Å². The van der Waals surface area contributed by atoms with E-state index < -0.39 is 11.8 Å². The first-order valence-electron chi connectivity index (χ1n) is 35.3. The van der Waals surface area contributed by atoms with Gasteiger partial charge in [-0.15, -0.1) is 0 Å². The number of amides is 6. The molecule has 13 heteroatoms. The van der Waals surface area contributed by atoms with Gasteiger partial charge in [-0.25, -0.2) is 4.98 Å². The molecule has 1 heterocycles.